The maximum atomic E-state index is 12.2. The first-order chi connectivity index (χ1) is 12.6. The number of hydrogen-bond donors (Lipinski definition) is 1. The SMILES string of the molecule is CCOc1ccc(C(=O)NCCCc2ccc(OC)c(OC)c2)cc1Cl. The number of halogens is 1. The summed E-state index contributed by atoms with van der Waals surface area (Å²) in [7, 11) is 3.23. The van der Waals surface area contributed by atoms with Crippen LogP contribution in [0.4, 0.5) is 0 Å². The summed E-state index contributed by atoms with van der Waals surface area (Å²) in [6.45, 7) is 2.98. The summed E-state index contributed by atoms with van der Waals surface area (Å²) in [6.07, 6.45) is 1.64. The number of rotatable bonds is 9. The molecule has 0 aliphatic heterocycles. The summed E-state index contributed by atoms with van der Waals surface area (Å²) >= 11 is 6.12. The number of carbonyl (C=O) groups excluding carboxylic acids is 1. The summed E-state index contributed by atoms with van der Waals surface area (Å²) in [5.41, 5.74) is 1.64. The molecule has 1 amide bonds. The van der Waals surface area contributed by atoms with Crippen LogP contribution in [0, 0.1) is 0 Å². The highest BCUT2D eigenvalue weighted by Crippen LogP contribution is 2.28. The average molecular weight is 378 g/mol. The molecule has 0 radical (unpaired) electrons. The number of amides is 1. The van der Waals surface area contributed by atoms with Gasteiger partial charge in [0.15, 0.2) is 11.5 Å². The number of nitrogens with one attached hydrogen (secondary N) is 1. The molecule has 0 fully saturated rings. The molecule has 0 saturated carbocycles. The topological polar surface area (TPSA) is 56.8 Å². The molecule has 0 bridgehead atoms. The zero-order chi connectivity index (χ0) is 18.9. The van der Waals surface area contributed by atoms with Gasteiger partial charge >= 0.3 is 0 Å². The quantitative estimate of drug-likeness (QED) is 0.668. The van der Waals surface area contributed by atoms with Gasteiger partial charge in [0.25, 0.3) is 5.91 Å². The van der Waals surface area contributed by atoms with Gasteiger partial charge in [0.2, 0.25) is 0 Å². The van der Waals surface area contributed by atoms with Gasteiger partial charge in [-0.3, -0.25) is 4.79 Å². The number of carbonyl (C=O) groups is 1. The van der Waals surface area contributed by atoms with Crippen molar-refractivity contribution in [2.45, 2.75) is 19.8 Å². The number of benzene rings is 2. The van der Waals surface area contributed by atoms with Crippen LogP contribution >= 0.6 is 11.6 Å². The highest BCUT2D eigenvalue weighted by atomic mass is 35.5. The number of aryl methyl sites for hydroxylation is 1. The molecular weight excluding hydrogens is 354 g/mol. The minimum Gasteiger partial charge on any atom is -0.493 e. The number of methoxy groups -OCH3 is 2. The molecule has 0 aromatic heterocycles. The molecule has 140 valence electrons. The predicted octanol–water partition coefficient (Wildman–Crippen LogP) is 4.12. The zero-order valence-electron chi connectivity index (χ0n) is 15.3. The van der Waals surface area contributed by atoms with Crippen molar-refractivity contribution in [2.24, 2.45) is 0 Å². The normalized spacial score (nSPS) is 10.3. The minimum atomic E-state index is -0.151. The summed E-state index contributed by atoms with van der Waals surface area (Å²) in [5, 5.41) is 3.34. The molecular formula is C20H24ClNO4. The Morgan fingerprint density at radius 3 is 2.42 bits per heavy atom. The van der Waals surface area contributed by atoms with E-state index in [1.165, 1.54) is 0 Å². The minimum absolute atomic E-state index is 0.151. The van der Waals surface area contributed by atoms with Crippen LogP contribution in [-0.4, -0.2) is 33.3 Å². The fourth-order valence-electron chi connectivity index (χ4n) is 2.55. The van der Waals surface area contributed by atoms with Gasteiger partial charge in [-0.1, -0.05) is 17.7 Å². The third-order valence-electron chi connectivity index (χ3n) is 3.87. The summed E-state index contributed by atoms with van der Waals surface area (Å²) < 4.78 is 15.9. The van der Waals surface area contributed by atoms with Gasteiger partial charge in [0.1, 0.15) is 5.75 Å². The van der Waals surface area contributed by atoms with Crippen LogP contribution in [0.3, 0.4) is 0 Å². The van der Waals surface area contributed by atoms with E-state index in [4.69, 9.17) is 25.8 Å². The number of ether oxygens (including phenoxy) is 3. The van der Waals surface area contributed by atoms with Crippen molar-refractivity contribution in [1.29, 1.82) is 0 Å². The molecule has 0 aliphatic rings. The standard InChI is InChI=1S/C20H24ClNO4/c1-4-26-17-10-8-15(13-16(17)21)20(23)22-11-5-6-14-7-9-18(24-2)19(12-14)25-3/h7-10,12-13H,4-6,11H2,1-3H3,(H,22,23). The second-order valence-corrected chi connectivity index (χ2v) is 6.03. The summed E-state index contributed by atoms with van der Waals surface area (Å²) in [6, 6.07) is 10.9. The molecule has 0 aliphatic carbocycles. The van der Waals surface area contributed by atoms with Crippen molar-refractivity contribution < 1.29 is 19.0 Å². The van der Waals surface area contributed by atoms with E-state index in [-0.39, 0.29) is 5.91 Å². The molecule has 2 aromatic rings. The zero-order valence-corrected chi connectivity index (χ0v) is 16.1. The van der Waals surface area contributed by atoms with E-state index in [0.29, 0.717) is 41.0 Å². The van der Waals surface area contributed by atoms with Crippen LogP contribution in [0.15, 0.2) is 36.4 Å². The monoisotopic (exact) mass is 377 g/mol. The molecule has 2 aromatic carbocycles. The lowest BCUT2D eigenvalue weighted by Gasteiger charge is -2.10. The Morgan fingerprint density at radius 2 is 1.77 bits per heavy atom. The molecule has 0 heterocycles. The Morgan fingerprint density at radius 1 is 1.04 bits per heavy atom. The Balaban J connectivity index is 1.84. The molecule has 2 rings (SSSR count). The first kappa shape index (κ1) is 19.9. The maximum absolute atomic E-state index is 12.2. The predicted molar refractivity (Wildman–Crippen MR) is 103 cm³/mol. The van der Waals surface area contributed by atoms with E-state index in [1.807, 2.05) is 25.1 Å². The lowest BCUT2D eigenvalue weighted by Crippen LogP contribution is -2.24. The third-order valence-corrected chi connectivity index (χ3v) is 4.17. The molecule has 5 nitrogen and oxygen atoms in total. The van der Waals surface area contributed by atoms with Crippen LogP contribution in [-0.2, 0) is 6.42 Å². The molecule has 0 saturated heterocycles. The van der Waals surface area contributed by atoms with E-state index >= 15 is 0 Å². The lowest BCUT2D eigenvalue weighted by molar-refractivity contribution is 0.0953. The Kier molecular flexibility index (Phi) is 7.60. The number of hydrogen-bond acceptors (Lipinski definition) is 4. The Labute approximate surface area is 159 Å². The van der Waals surface area contributed by atoms with Crippen molar-refractivity contribution in [3.63, 3.8) is 0 Å². The summed E-state index contributed by atoms with van der Waals surface area (Å²) in [4.78, 5) is 12.2. The third kappa shape index (κ3) is 5.30. The molecule has 0 atom stereocenters. The van der Waals surface area contributed by atoms with Crippen molar-refractivity contribution >= 4 is 17.5 Å². The smallest absolute Gasteiger partial charge is 0.251 e. The Hall–Kier alpha value is -2.40. The van der Waals surface area contributed by atoms with Crippen molar-refractivity contribution in [1.82, 2.24) is 5.32 Å². The van der Waals surface area contributed by atoms with Gasteiger partial charge in [-0.15, -0.1) is 0 Å². The van der Waals surface area contributed by atoms with Crippen molar-refractivity contribution in [3.05, 3.63) is 52.5 Å². The summed E-state index contributed by atoms with van der Waals surface area (Å²) in [5.74, 6) is 1.84. The van der Waals surface area contributed by atoms with Gasteiger partial charge in [-0.25, -0.2) is 0 Å². The van der Waals surface area contributed by atoms with Crippen molar-refractivity contribution in [2.75, 3.05) is 27.4 Å². The Bertz CT molecular complexity index is 749. The van der Waals surface area contributed by atoms with Gasteiger partial charge in [-0.05, 0) is 55.7 Å². The first-order valence-electron chi connectivity index (χ1n) is 8.50. The lowest BCUT2D eigenvalue weighted by atomic mass is 10.1. The molecule has 0 spiro atoms. The van der Waals surface area contributed by atoms with Gasteiger partial charge in [0.05, 0.1) is 25.8 Å². The molecule has 26 heavy (non-hydrogen) atoms. The van der Waals surface area contributed by atoms with Gasteiger partial charge in [0, 0.05) is 12.1 Å². The van der Waals surface area contributed by atoms with Crippen molar-refractivity contribution in [3.8, 4) is 17.2 Å². The van der Waals surface area contributed by atoms with E-state index in [9.17, 15) is 4.79 Å². The largest absolute Gasteiger partial charge is 0.493 e. The highest BCUT2D eigenvalue weighted by molar-refractivity contribution is 6.32. The van der Waals surface area contributed by atoms with E-state index in [2.05, 4.69) is 5.32 Å². The molecule has 6 heteroatoms. The second kappa shape index (κ2) is 9.92. The highest BCUT2D eigenvalue weighted by Gasteiger charge is 2.09. The fraction of sp³-hybridized carbons (Fsp3) is 0.350. The van der Waals surface area contributed by atoms with Crippen LogP contribution in [0.25, 0.3) is 0 Å². The maximum Gasteiger partial charge on any atom is 0.251 e. The van der Waals surface area contributed by atoms with E-state index in [1.54, 1.807) is 32.4 Å². The van der Waals surface area contributed by atoms with Crippen LogP contribution in [0.2, 0.25) is 5.02 Å². The second-order valence-electron chi connectivity index (χ2n) is 5.63. The van der Waals surface area contributed by atoms with Crippen LogP contribution in [0.1, 0.15) is 29.3 Å². The fourth-order valence-corrected chi connectivity index (χ4v) is 2.78. The van der Waals surface area contributed by atoms with Gasteiger partial charge < -0.3 is 19.5 Å². The average Bonchev–Trinajstić information content (AvgIpc) is 2.66. The van der Waals surface area contributed by atoms with E-state index in [0.717, 1.165) is 18.4 Å². The van der Waals surface area contributed by atoms with Crippen LogP contribution < -0.4 is 19.5 Å². The van der Waals surface area contributed by atoms with Gasteiger partial charge in [-0.2, -0.15) is 0 Å². The molecule has 1 N–H and O–H groups in total. The first-order valence-corrected chi connectivity index (χ1v) is 8.88. The van der Waals surface area contributed by atoms with E-state index < -0.39 is 0 Å². The molecule has 0 unspecified atom stereocenters. The van der Waals surface area contributed by atoms with Crippen LogP contribution in [0.5, 0.6) is 17.2 Å².